The standard InChI is InChI=1S/C10H8ClNS/c1-7-2-4-12-9(6-7)10-8(11)3-5-13-10/h2-6H,1H3. The molecule has 0 aliphatic carbocycles. The first-order chi connectivity index (χ1) is 6.27. The summed E-state index contributed by atoms with van der Waals surface area (Å²) >= 11 is 7.61. The quantitative estimate of drug-likeness (QED) is 0.697. The van der Waals surface area contributed by atoms with Gasteiger partial charge >= 0.3 is 0 Å². The van der Waals surface area contributed by atoms with Gasteiger partial charge in [0.2, 0.25) is 0 Å². The number of pyridine rings is 1. The fourth-order valence-electron chi connectivity index (χ4n) is 1.14. The van der Waals surface area contributed by atoms with Crippen LogP contribution in [0.2, 0.25) is 5.02 Å². The number of aromatic nitrogens is 1. The minimum atomic E-state index is 0.781. The van der Waals surface area contributed by atoms with Crippen LogP contribution in [-0.4, -0.2) is 4.98 Å². The summed E-state index contributed by atoms with van der Waals surface area (Å²) in [6.07, 6.45) is 1.81. The van der Waals surface area contributed by atoms with Gasteiger partial charge in [-0.15, -0.1) is 11.3 Å². The van der Waals surface area contributed by atoms with E-state index in [4.69, 9.17) is 11.6 Å². The average Bonchev–Trinajstić information content (AvgIpc) is 2.51. The Labute approximate surface area is 86.0 Å². The lowest BCUT2D eigenvalue weighted by Crippen LogP contribution is -1.81. The summed E-state index contributed by atoms with van der Waals surface area (Å²) in [5.74, 6) is 0. The van der Waals surface area contributed by atoms with Crippen molar-refractivity contribution in [2.24, 2.45) is 0 Å². The van der Waals surface area contributed by atoms with Gasteiger partial charge in [0.15, 0.2) is 0 Å². The second-order valence-corrected chi connectivity index (χ2v) is 4.14. The zero-order valence-corrected chi connectivity index (χ0v) is 8.69. The van der Waals surface area contributed by atoms with Crippen LogP contribution in [0.1, 0.15) is 5.56 Å². The summed E-state index contributed by atoms with van der Waals surface area (Å²) in [4.78, 5) is 5.32. The molecule has 0 unspecified atom stereocenters. The van der Waals surface area contributed by atoms with Crippen LogP contribution in [0.15, 0.2) is 29.8 Å². The Bertz CT molecular complexity index is 422. The lowest BCUT2D eigenvalue weighted by Gasteiger charge is -1.98. The molecule has 1 nitrogen and oxygen atoms in total. The molecule has 0 amide bonds. The van der Waals surface area contributed by atoms with Crippen molar-refractivity contribution in [1.29, 1.82) is 0 Å². The predicted molar refractivity (Wildman–Crippen MR) is 57.3 cm³/mol. The molecule has 2 aromatic rings. The van der Waals surface area contributed by atoms with Gasteiger partial charge in [-0.3, -0.25) is 4.98 Å². The van der Waals surface area contributed by atoms with Gasteiger partial charge in [-0.1, -0.05) is 11.6 Å². The van der Waals surface area contributed by atoms with Crippen LogP contribution in [0, 0.1) is 6.92 Å². The molecule has 0 spiro atoms. The van der Waals surface area contributed by atoms with E-state index < -0.39 is 0 Å². The highest BCUT2D eigenvalue weighted by molar-refractivity contribution is 7.14. The molecule has 0 N–H and O–H groups in total. The minimum Gasteiger partial charge on any atom is -0.255 e. The number of thiophene rings is 1. The van der Waals surface area contributed by atoms with E-state index in [0.29, 0.717) is 0 Å². The molecule has 13 heavy (non-hydrogen) atoms. The third-order valence-electron chi connectivity index (χ3n) is 1.77. The van der Waals surface area contributed by atoms with Crippen LogP contribution in [0.25, 0.3) is 10.6 Å². The van der Waals surface area contributed by atoms with Crippen molar-refractivity contribution in [1.82, 2.24) is 4.98 Å². The van der Waals surface area contributed by atoms with E-state index in [1.807, 2.05) is 30.5 Å². The third kappa shape index (κ3) is 1.74. The third-order valence-corrected chi connectivity index (χ3v) is 3.13. The summed E-state index contributed by atoms with van der Waals surface area (Å²) in [5, 5.41) is 2.75. The SMILES string of the molecule is Cc1ccnc(-c2sccc2Cl)c1. The lowest BCUT2D eigenvalue weighted by atomic mass is 10.2. The lowest BCUT2D eigenvalue weighted by molar-refractivity contribution is 1.30. The van der Waals surface area contributed by atoms with Gasteiger partial charge in [-0.2, -0.15) is 0 Å². The maximum absolute atomic E-state index is 6.00. The molecule has 0 aliphatic rings. The number of rotatable bonds is 1. The zero-order chi connectivity index (χ0) is 9.26. The molecule has 0 saturated heterocycles. The summed E-state index contributed by atoms with van der Waals surface area (Å²) in [5.41, 5.74) is 2.16. The number of hydrogen-bond donors (Lipinski definition) is 0. The maximum atomic E-state index is 6.00. The van der Waals surface area contributed by atoms with E-state index in [1.54, 1.807) is 17.5 Å². The van der Waals surface area contributed by atoms with E-state index >= 15 is 0 Å². The highest BCUT2D eigenvalue weighted by Gasteiger charge is 2.05. The number of halogens is 1. The van der Waals surface area contributed by atoms with Crippen molar-refractivity contribution in [2.75, 3.05) is 0 Å². The normalized spacial score (nSPS) is 10.3. The van der Waals surface area contributed by atoms with Crippen molar-refractivity contribution in [3.63, 3.8) is 0 Å². The van der Waals surface area contributed by atoms with E-state index in [1.165, 1.54) is 5.56 Å². The smallest absolute Gasteiger partial charge is 0.0819 e. The summed E-state index contributed by atoms with van der Waals surface area (Å²) in [6, 6.07) is 5.91. The van der Waals surface area contributed by atoms with Gasteiger partial charge in [-0.25, -0.2) is 0 Å². The largest absolute Gasteiger partial charge is 0.255 e. The molecule has 0 bridgehead atoms. The first-order valence-electron chi connectivity index (χ1n) is 3.93. The Kier molecular flexibility index (Phi) is 2.34. The van der Waals surface area contributed by atoms with Crippen LogP contribution in [0.3, 0.4) is 0 Å². The molecule has 0 fully saturated rings. The Morgan fingerprint density at radius 3 is 2.85 bits per heavy atom. The zero-order valence-electron chi connectivity index (χ0n) is 7.12. The average molecular weight is 210 g/mol. The van der Waals surface area contributed by atoms with Gasteiger partial charge in [0.25, 0.3) is 0 Å². The number of nitrogens with zero attached hydrogens (tertiary/aromatic N) is 1. The van der Waals surface area contributed by atoms with E-state index in [0.717, 1.165) is 15.6 Å². The fraction of sp³-hybridized carbons (Fsp3) is 0.100. The van der Waals surface area contributed by atoms with Crippen LogP contribution >= 0.6 is 22.9 Å². The van der Waals surface area contributed by atoms with Crippen molar-refractivity contribution in [2.45, 2.75) is 6.92 Å². The summed E-state index contributed by atoms with van der Waals surface area (Å²) in [7, 11) is 0. The van der Waals surface area contributed by atoms with Gasteiger partial charge in [0.05, 0.1) is 15.6 Å². The second kappa shape index (κ2) is 3.48. The maximum Gasteiger partial charge on any atom is 0.0819 e. The van der Waals surface area contributed by atoms with Gasteiger partial charge in [0, 0.05) is 6.20 Å². The number of aryl methyl sites for hydroxylation is 1. The molecule has 2 rings (SSSR count). The van der Waals surface area contributed by atoms with Crippen molar-refractivity contribution in [3.05, 3.63) is 40.4 Å². The first kappa shape index (κ1) is 8.73. The Morgan fingerprint density at radius 2 is 2.23 bits per heavy atom. The molecule has 2 heterocycles. The molecule has 0 aliphatic heterocycles. The molecular weight excluding hydrogens is 202 g/mol. The van der Waals surface area contributed by atoms with E-state index in [-0.39, 0.29) is 0 Å². The molecule has 0 atom stereocenters. The topological polar surface area (TPSA) is 12.9 Å². The Hall–Kier alpha value is -0.860. The fourth-order valence-corrected chi connectivity index (χ4v) is 2.26. The molecule has 0 radical (unpaired) electrons. The van der Waals surface area contributed by atoms with Gasteiger partial charge in [-0.05, 0) is 36.1 Å². The summed E-state index contributed by atoms with van der Waals surface area (Å²) in [6.45, 7) is 2.05. The van der Waals surface area contributed by atoms with Gasteiger partial charge in [0.1, 0.15) is 0 Å². The molecule has 0 saturated carbocycles. The van der Waals surface area contributed by atoms with Crippen LogP contribution in [-0.2, 0) is 0 Å². The Balaban J connectivity index is 2.53. The monoisotopic (exact) mass is 209 g/mol. The molecule has 2 aromatic heterocycles. The van der Waals surface area contributed by atoms with Crippen molar-refractivity contribution in [3.8, 4) is 10.6 Å². The molecule has 66 valence electrons. The predicted octanol–water partition coefficient (Wildman–Crippen LogP) is 3.77. The van der Waals surface area contributed by atoms with Crippen LogP contribution in [0.4, 0.5) is 0 Å². The molecular formula is C10H8ClNS. The van der Waals surface area contributed by atoms with E-state index in [9.17, 15) is 0 Å². The van der Waals surface area contributed by atoms with Crippen LogP contribution in [0.5, 0.6) is 0 Å². The summed E-state index contributed by atoms with van der Waals surface area (Å²) < 4.78 is 0. The molecule has 3 heteroatoms. The van der Waals surface area contributed by atoms with Crippen molar-refractivity contribution >= 4 is 22.9 Å². The molecule has 0 aromatic carbocycles. The van der Waals surface area contributed by atoms with Gasteiger partial charge < -0.3 is 0 Å². The van der Waals surface area contributed by atoms with Crippen molar-refractivity contribution < 1.29 is 0 Å². The first-order valence-corrected chi connectivity index (χ1v) is 5.19. The second-order valence-electron chi connectivity index (χ2n) is 2.82. The Morgan fingerprint density at radius 1 is 1.38 bits per heavy atom. The number of hydrogen-bond acceptors (Lipinski definition) is 2. The minimum absolute atomic E-state index is 0.781. The van der Waals surface area contributed by atoms with Crippen LogP contribution < -0.4 is 0 Å². The van der Waals surface area contributed by atoms with E-state index in [2.05, 4.69) is 4.98 Å². The highest BCUT2D eigenvalue weighted by Crippen LogP contribution is 2.31. The highest BCUT2D eigenvalue weighted by atomic mass is 35.5.